The molecule has 0 aromatic rings. The summed E-state index contributed by atoms with van der Waals surface area (Å²) >= 11 is 0. The summed E-state index contributed by atoms with van der Waals surface area (Å²) in [5.74, 6) is -0.456. The zero-order valence-electron chi connectivity index (χ0n) is 14.4. The van der Waals surface area contributed by atoms with E-state index >= 15 is 0 Å². The van der Waals surface area contributed by atoms with Crippen molar-refractivity contribution >= 4 is 5.97 Å². The summed E-state index contributed by atoms with van der Waals surface area (Å²) in [7, 11) is 0. The number of hydrogen-bond donors (Lipinski definition) is 1. The Morgan fingerprint density at radius 1 is 0.917 bits per heavy atom. The normalized spacial score (nSPS) is 15.3. The van der Waals surface area contributed by atoms with E-state index in [9.17, 15) is 9.90 Å². The highest BCUT2D eigenvalue weighted by Gasteiger charge is 2.27. The molecule has 0 radical (unpaired) electrons. The fraction of sp³-hybridized carbons (Fsp3) is 0.381. The fourth-order valence-corrected chi connectivity index (χ4v) is 2.32. The lowest BCUT2D eigenvalue weighted by molar-refractivity contribution is -0.133. The van der Waals surface area contributed by atoms with E-state index in [0.29, 0.717) is 12.0 Å². The fourth-order valence-electron chi connectivity index (χ4n) is 2.32. The Morgan fingerprint density at radius 3 is 2.21 bits per heavy atom. The molecule has 0 spiro atoms. The minimum atomic E-state index is -0.453. The van der Waals surface area contributed by atoms with Crippen molar-refractivity contribution in [2.24, 2.45) is 0 Å². The minimum absolute atomic E-state index is 0.0729. The second-order valence-corrected chi connectivity index (χ2v) is 5.70. The number of rotatable bonds is 12. The molecule has 24 heavy (non-hydrogen) atoms. The van der Waals surface area contributed by atoms with E-state index < -0.39 is 5.97 Å². The van der Waals surface area contributed by atoms with Crippen LogP contribution in [0.15, 0.2) is 72.8 Å². The number of unbranched alkanes of at least 4 members (excludes halogenated alkanes) is 5. The minimum Gasteiger partial charge on any atom is -0.504 e. The number of cyclic esters (lactones) is 1. The number of esters is 1. The molecule has 1 aliphatic rings. The predicted molar refractivity (Wildman–Crippen MR) is 99.4 cm³/mol. The van der Waals surface area contributed by atoms with Gasteiger partial charge in [-0.3, -0.25) is 0 Å². The maximum atomic E-state index is 11.4. The van der Waals surface area contributed by atoms with Crippen LogP contribution in [0.1, 0.15) is 51.4 Å². The van der Waals surface area contributed by atoms with Crippen molar-refractivity contribution in [3.05, 3.63) is 72.8 Å². The topological polar surface area (TPSA) is 46.5 Å². The molecule has 1 aliphatic heterocycles. The van der Waals surface area contributed by atoms with Gasteiger partial charge in [-0.1, -0.05) is 62.0 Å². The van der Waals surface area contributed by atoms with E-state index in [4.69, 9.17) is 4.74 Å². The molecule has 0 fully saturated rings. The molecule has 0 aromatic heterocycles. The molecule has 3 nitrogen and oxygen atoms in total. The van der Waals surface area contributed by atoms with Gasteiger partial charge in [-0.25, -0.2) is 4.79 Å². The van der Waals surface area contributed by atoms with Gasteiger partial charge in [0.05, 0.1) is 5.57 Å². The van der Waals surface area contributed by atoms with Gasteiger partial charge in [0, 0.05) is 0 Å². The molecule has 3 heteroatoms. The van der Waals surface area contributed by atoms with Crippen molar-refractivity contribution in [3.63, 3.8) is 0 Å². The van der Waals surface area contributed by atoms with Crippen LogP contribution in [0.3, 0.4) is 0 Å². The molecule has 0 unspecified atom stereocenters. The lowest BCUT2D eigenvalue weighted by Gasteiger charge is -2.00. The standard InChI is InChI=1S/C21H28O3/c1-3-4-5-6-7-8-9-10-11-12-13-14-15-16-17-19-20(22)18(2)24-21(19)23/h3,6-11,22H,1-2,4-5,12-17H2. The maximum absolute atomic E-state index is 11.4. The second kappa shape index (κ2) is 12.2. The van der Waals surface area contributed by atoms with Crippen molar-refractivity contribution in [3.8, 4) is 0 Å². The van der Waals surface area contributed by atoms with Gasteiger partial charge >= 0.3 is 5.97 Å². The second-order valence-electron chi connectivity index (χ2n) is 5.70. The van der Waals surface area contributed by atoms with Gasteiger partial charge in [0.25, 0.3) is 0 Å². The van der Waals surface area contributed by atoms with Gasteiger partial charge < -0.3 is 9.84 Å². The number of ether oxygens (including phenoxy) is 1. The summed E-state index contributed by atoms with van der Waals surface area (Å²) in [6, 6.07) is 0. The van der Waals surface area contributed by atoms with Crippen molar-refractivity contribution in [2.75, 3.05) is 0 Å². The zero-order chi connectivity index (χ0) is 17.6. The van der Waals surface area contributed by atoms with Crippen molar-refractivity contribution in [1.82, 2.24) is 0 Å². The largest absolute Gasteiger partial charge is 0.504 e. The Hall–Kier alpha value is -2.29. The molecule has 0 amide bonds. The lowest BCUT2D eigenvalue weighted by atomic mass is 10.1. The van der Waals surface area contributed by atoms with Crippen molar-refractivity contribution < 1.29 is 14.6 Å². The van der Waals surface area contributed by atoms with Crippen molar-refractivity contribution in [1.29, 1.82) is 0 Å². The first-order valence-corrected chi connectivity index (χ1v) is 8.59. The maximum Gasteiger partial charge on any atom is 0.343 e. The van der Waals surface area contributed by atoms with E-state index in [-0.39, 0.29) is 11.5 Å². The van der Waals surface area contributed by atoms with Gasteiger partial charge in [0.15, 0.2) is 11.5 Å². The van der Waals surface area contributed by atoms with Crippen LogP contribution in [-0.4, -0.2) is 11.1 Å². The van der Waals surface area contributed by atoms with E-state index in [1.54, 1.807) is 0 Å². The Morgan fingerprint density at radius 2 is 1.58 bits per heavy atom. The molecule has 0 bridgehead atoms. The van der Waals surface area contributed by atoms with E-state index in [0.717, 1.165) is 44.9 Å². The molecule has 1 heterocycles. The predicted octanol–water partition coefficient (Wildman–Crippen LogP) is 5.84. The van der Waals surface area contributed by atoms with Crippen LogP contribution in [0.5, 0.6) is 0 Å². The van der Waals surface area contributed by atoms with Crippen LogP contribution in [0, 0.1) is 0 Å². The van der Waals surface area contributed by atoms with Crippen molar-refractivity contribution in [2.45, 2.75) is 51.4 Å². The SMILES string of the molecule is C=CCCC=CC=CC=CCCCCCCC1=C(O)C(=C)OC1=O. The van der Waals surface area contributed by atoms with Gasteiger partial charge in [-0.05, 0) is 38.5 Å². The first kappa shape index (κ1) is 19.8. The number of carbonyl (C=O) groups excluding carboxylic acids is 1. The molecule has 0 saturated heterocycles. The summed E-state index contributed by atoms with van der Waals surface area (Å²) in [6.07, 6.45) is 22.2. The van der Waals surface area contributed by atoms with Crippen LogP contribution in [0.2, 0.25) is 0 Å². The third-order valence-electron chi connectivity index (χ3n) is 3.70. The summed E-state index contributed by atoms with van der Waals surface area (Å²) in [5.41, 5.74) is 0.367. The van der Waals surface area contributed by atoms with E-state index in [1.807, 2.05) is 18.2 Å². The molecule has 1 rings (SSSR count). The summed E-state index contributed by atoms with van der Waals surface area (Å²) < 4.78 is 4.77. The third kappa shape index (κ3) is 7.82. The van der Waals surface area contributed by atoms with Crippen LogP contribution < -0.4 is 0 Å². The average Bonchev–Trinajstić information content (AvgIpc) is 2.81. The summed E-state index contributed by atoms with van der Waals surface area (Å²) in [6.45, 7) is 7.17. The molecular weight excluding hydrogens is 300 g/mol. The Balaban J connectivity index is 2.03. The first-order valence-electron chi connectivity index (χ1n) is 8.59. The van der Waals surface area contributed by atoms with Gasteiger partial charge in [0.2, 0.25) is 0 Å². The Labute approximate surface area is 145 Å². The first-order chi connectivity index (χ1) is 11.7. The molecule has 0 atom stereocenters. The van der Waals surface area contributed by atoms with Gasteiger partial charge in [-0.15, -0.1) is 6.58 Å². The smallest absolute Gasteiger partial charge is 0.343 e. The molecule has 1 N–H and O–H groups in total. The average molecular weight is 328 g/mol. The molecule has 130 valence electrons. The quantitative estimate of drug-likeness (QED) is 0.212. The number of aliphatic hydroxyl groups is 1. The number of aliphatic hydroxyl groups excluding tert-OH is 1. The molecule has 0 aromatic carbocycles. The summed E-state index contributed by atoms with van der Waals surface area (Å²) in [5, 5.41) is 9.64. The van der Waals surface area contributed by atoms with E-state index in [2.05, 4.69) is 37.5 Å². The summed E-state index contributed by atoms with van der Waals surface area (Å²) in [4.78, 5) is 11.4. The van der Waals surface area contributed by atoms with Crippen LogP contribution in [0.25, 0.3) is 0 Å². The number of hydrogen-bond acceptors (Lipinski definition) is 3. The van der Waals surface area contributed by atoms with Gasteiger partial charge in [0.1, 0.15) is 0 Å². The van der Waals surface area contributed by atoms with Crippen LogP contribution in [0.4, 0.5) is 0 Å². The number of carbonyl (C=O) groups is 1. The van der Waals surface area contributed by atoms with Crippen LogP contribution >= 0.6 is 0 Å². The molecule has 0 aliphatic carbocycles. The highest BCUT2D eigenvalue weighted by atomic mass is 16.6. The lowest BCUT2D eigenvalue weighted by Crippen LogP contribution is -1.99. The monoisotopic (exact) mass is 328 g/mol. The molecular formula is C21H28O3. The Kier molecular flexibility index (Phi) is 10.0. The third-order valence-corrected chi connectivity index (χ3v) is 3.70. The van der Waals surface area contributed by atoms with Crippen LogP contribution in [-0.2, 0) is 9.53 Å². The van der Waals surface area contributed by atoms with E-state index in [1.165, 1.54) is 0 Å². The Bertz CT molecular complexity index is 547. The zero-order valence-corrected chi connectivity index (χ0v) is 14.4. The highest BCUT2D eigenvalue weighted by Crippen LogP contribution is 2.26. The highest BCUT2D eigenvalue weighted by molar-refractivity contribution is 5.93. The molecule has 0 saturated carbocycles. The number of allylic oxidation sites excluding steroid dienone is 7. The van der Waals surface area contributed by atoms with Gasteiger partial charge in [-0.2, -0.15) is 0 Å².